The van der Waals surface area contributed by atoms with E-state index in [1.807, 2.05) is 6.92 Å². The van der Waals surface area contributed by atoms with Crippen LogP contribution in [-0.2, 0) is 4.74 Å². The average Bonchev–Trinajstić information content (AvgIpc) is 2.60. The van der Waals surface area contributed by atoms with Gasteiger partial charge in [-0.1, -0.05) is 11.6 Å². The molecule has 0 spiro atoms. The van der Waals surface area contributed by atoms with Crippen molar-refractivity contribution in [1.82, 2.24) is 14.6 Å². The van der Waals surface area contributed by atoms with E-state index in [1.165, 1.54) is 17.7 Å². The Morgan fingerprint density at radius 1 is 1.60 bits per heavy atom. The average molecular weight is 226 g/mol. The normalized spacial score (nSPS) is 10.6. The fourth-order valence-electron chi connectivity index (χ4n) is 1.25. The molecular formula is C9H8ClN3O2. The van der Waals surface area contributed by atoms with E-state index in [9.17, 15) is 4.79 Å². The summed E-state index contributed by atoms with van der Waals surface area (Å²) in [6.07, 6.45) is 1.63. The van der Waals surface area contributed by atoms with Crippen LogP contribution in [0.25, 0.3) is 5.65 Å². The van der Waals surface area contributed by atoms with Crippen LogP contribution in [0.3, 0.4) is 0 Å². The lowest BCUT2D eigenvalue weighted by Crippen LogP contribution is -2.06. The van der Waals surface area contributed by atoms with Crippen LogP contribution in [0.1, 0.15) is 16.1 Å². The lowest BCUT2D eigenvalue weighted by atomic mass is 10.3. The maximum absolute atomic E-state index is 11.3. The van der Waals surface area contributed by atoms with Crippen molar-refractivity contribution in [2.24, 2.45) is 0 Å². The van der Waals surface area contributed by atoms with Crippen molar-refractivity contribution in [3.05, 3.63) is 28.7 Å². The number of hydrogen-bond donors (Lipinski definition) is 0. The summed E-state index contributed by atoms with van der Waals surface area (Å²) in [6, 6.07) is 1.42. The number of aryl methyl sites for hydroxylation is 1. The zero-order valence-corrected chi connectivity index (χ0v) is 8.95. The van der Waals surface area contributed by atoms with E-state index in [-0.39, 0.29) is 5.69 Å². The zero-order chi connectivity index (χ0) is 11.0. The molecule has 2 aromatic rings. The summed E-state index contributed by atoms with van der Waals surface area (Å²) in [7, 11) is 1.30. The molecule has 0 aromatic carbocycles. The molecule has 0 saturated carbocycles. The first kappa shape index (κ1) is 9.92. The molecule has 2 aromatic heterocycles. The lowest BCUT2D eigenvalue weighted by Gasteiger charge is -2.01. The van der Waals surface area contributed by atoms with Crippen molar-refractivity contribution in [3.8, 4) is 0 Å². The Bertz CT molecular complexity index is 535. The molecule has 0 saturated heterocycles. The summed E-state index contributed by atoms with van der Waals surface area (Å²) in [5.74, 6) is -0.514. The van der Waals surface area contributed by atoms with Crippen LogP contribution < -0.4 is 0 Å². The van der Waals surface area contributed by atoms with Gasteiger partial charge in [-0.25, -0.2) is 14.3 Å². The van der Waals surface area contributed by atoms with Crippen molar-refractivity contribution in [1.29, 1.82) is 0 Å². The summed E-state index contributed by atoms with van der Waals surface area (Å²) in [5, 5.41) is 4.34. The highest BCUT2D eigenvalue weighted by molar-refractivity contribution is 6.30. The molecule has 0 fully saturated rings. The van der Waals surface area contributed by atoms with Gasteiger partial charge in [0.05, 0.1) is 13.3 Å². The zero-order valence-electron chi connectivity index (χ0n) is 8.19. The van der Waals surface area contributed by atoms with E-state index < -0.39 is 5.97 Å². The van der Waals surface area contributed by atoms with E-state index >= 15 is 0 Å². The molecule has 2 rings (SSSR count). The third kappa shape index (κ3) is 1.55. The fraction of sp³-hybridized carbons (Fsp3) is 0.222. The summed E-state index contributed by atoms with van der Waals surface area (Å²) in [6.45, 7) is 1.84. The number of aromatic nitrogens is 3. The number of hydrogen-bond acceptors (Lipinski definition) is 4. The van der Waals surface area contributed by atoms with Crippen LogP contribution in [0, 0.1) is 6.92 Å². The van der Waals surface area contributed by atoms with E-state index in [0.717, 1.165) is 5.56 Å². The van der Waals surface area contributed by atoms with Gasteiger partial charge in [0.2, 0.25) is 0 Å². The number of carbonyl (C=O) groups excluding carboxylic acids is 1. The van der Waals surface area contributed by atoms with Crippen molar-refractivity contribution in [2.75, 3.05) is 7.11 Å². The highest BCUT2D eigenvalue weighted by Gasteiger charge is 2.13. The number of ether oxygens (including phenoxy) is 1. The predicted molar refractivity (Wildman–Crippen MR) is 54.1 cm³/mol. The number of methoxy groups -OCH3 is 1. The van der Waals surface area contributed by atoms with E-state index in [4.69, 9.17) is 11.6 Å². The monoisotopic (exact) mass is 225 g/mol. The Morgan fingerprint density at radius 2 is 2.33 bits per heavy atom. The van der Waals surface area contributed by atoms with Gasteiger partial charge in [-0.3, -0.25) is 0 Å². The van der Waals surface area contributed by atoms with Gasteiger partial charge in [-0.05, 0) is 6.92 Å². The van der Waals surface area contributed by atoms with Gasteiger partial charge in [0.25, 0.3) is 0 Å². The topological polar surface area (TPSA) is 56.5 Å². The minimum absolute atomic E-state index is 0.179. The first-order valence-electron chi connectivity index (χ1n) is 4.22. The second-order valence-electron chi connectivity index (χ2n) is 3.02. The SMILES string of the molecule is COC(=O)c1cc(Cl)n2ncc(C)c2n1. The lowest BCUT2D eigenvalue weighted by molar-refractivity contribution is 0.0594. The molecule has 0 N–H and O–H groups in total. The molecule has 0 amide bonds. The van der Waals surface area contributed by atoms with E-state index in [2.05, 4.69) is 14.8 Å². The van der Waals surface area contributed by atoms with Crippen LogP contribution in [0.2, 0.25) is 5.15 Å². The maximum atomic E-state index is 11.3. The van der Waals surface area contributed by atoms with Gasteiger partial charge < -0.3 is 4.74 Å². The van der Waals surface area contributed by atoms with E-state index in [0.29, 0.717) is 10.8 Å². The quantitative estimate of drug-likeness (QED) is 0.545. The minimum Gasteiger partial charge on any atom is -0.464 e. The minimum atomic E-state index is -0.514. The second kappa shape index (κ2) is 3.51. The Labute approximate surface area is 90.6 Å². The molecule has 0 aliphatic rings. The second-order valence-corrected chi connectivity index (χ2v) is 3.41. The summed E-state index contributed by atoms with van der Waals surface area (Å²) in [5.41, 5.74) is 1.59. The van der Waals surface area contributed by atoms with Crippen molar-refractivity contribution < 1.29 is 9.53 Å². The van der Waals surface area contributed by atoms with Crippen LogP contribution in [-0.4, -0.2) is 27.7 Å². The molecule has 2 heterocycles. The van der Waals surface area contributed by atoms with Gasteiger partial charge >= 0.3 is 5.97 Å². The number of carbonyl (C=O) groups is 1. The molecule has 0 aliphatic heterocycles. The third-order valence-corrected chi connectivity index (χ3v) is 2.27. The largest absolute Gasteiger partial charge is 0.464 e. The summed E-state index contributed by atoms with van der Waals surface area (Å²) < 4.78 is 6.03. The molecule has 0 radical (unpaired) electrons. The number of nitrogens with zero attached hydrogens (tertiary/aromatic N) is 3. The Morgan fingerprint density at radius 3 is 3.00 bits per heavy atom. The predicted octanol–water partition coefficient (Wildman–Crippen LogP) is 1.48. The molecule has 15 heavy (non-hydrogen) atoms. The van der Waals surface area contributed by atoms with E-state index in [1.54, 1.807) is 6.20 Å². The Kier molecular flexibility index (Phi) is 2.32. The molecule has 0 unspecified atom stereocenters. The molecule has 0 atom stereocenters. The smallest absolute Gasteiger partial charge is 0.356 e. The first-order valence-corrected chi connectivity index (χ1v) is 4.60. The Balaban J connectivity index is 2.70. The third-order valence-electron chi connectivity index (χ3n) is 2.00. The number of rotatable bonds is 1. The number of fused-ring (bicyclic) bond motifs is 1. The summed E-state index contributed by atoms with van der Waals surface area (Å²) in [4.78, 5) is 15.4. The number of halogens is 1. The van der Waals surface area contributed by atoms with Crippen LogP contribution in [0.5, 0.6) is 0 Å². The van der Waals surface area contributed by atoms with Crippen molar-refractivity contribution in [3.63, 3.8) is 0 Å². The summed E-state index contributed by atoms with van der Waals surface area (Å²) >= 11 is 5.93. The molecule has 5 nitrogen and oxygen atoms in total. The number of esters is 1. The van der Waals surface area contributed by atoms with Crippen LogP contribution in [0.4, 0.5) is 0 Å². The van der Waals surface area contributed by atoms with Crippen molar-refractivity contribution in [2.45, 2.75) is 6.92 Å². The van der Waals surface area contributed by atoms with Crippen LogP contribution in [0.15, 0.2) is 12.3 Å². The molecule has 78 valence electrons. The standard InChI is InChI=1S/C9H8ClN3O2/c1-5-4-11-13-7(10)3-6(9(14)15-2)12-8(5)13/h3-4H,1-2H3. The van der Waals surface area contributed by atoms with Crippen LogP contribution >= 0.6 is 11.6 Å². The van der Waals surface area contributed by atoms with Gasteiger partial charge in [0.15, 0.2) is 11.3 Å². The highest BCUT2D eigenvalue weighted by atomic mass is 35.5. The fourth-order valence-corrected chi connectivity index (χ4v) is 1.47. The molecular weight excluding hydrogens is 218 g/mol. The van der Waals surface area contributed by atoms with Gasteiger partial charge in [0, 0.05) is 11.6 Å². The maximum Gasteiger partial charge on any atom is 0.356 e. The van der Waals surface area contributed by atoms with Gasteiger partial charge in [0.1, 0.15) is 5.15 Å². The molecule has 6 heteroatoms. The molecule has 0 aliphatic carbocycles. The van der Waals surface area contributed by atoms with Gasteiger partial charge in [-0.15, -0.1) is 0 Å². The Hall–Kier alpha value is -1.62. The van der Waals surface area contributed by atoms with Gasteiger partial charge in [-0.2, -0.15) is 5.10 Å². The molecule has 0 bridgehead atoms. The first-order chi connectivity index (χ1) is 7.13. The van der Waals surface area contributed by atoms with Crippen molar-refractivity contribution >= 4 is 23.2 Å². The highest BCUT2D eigenvalue weighted by Crippen LogP contribution is 2.15.